The van der Waals surface area contributed by atoms with Crippen molar-refractivity contribution in [3.05, 3.63) is 54.1 Å². The fourth-order valence-corrected chi connectivity index (χ4v) is 2.28. The van der Waals surface area contributed by atoms with E-state index in [4.69, 9.17) is 9.47 Å². The lowest BCUT2D eigenvalue weighted by Gasteiger charge is -2.26. The quantitative estimate of drug-likeness (QED) is 0.796. The number of aromatic carboxylic acids is 1. The highest BCUT2D eigenvalue weighted by Gasteiger charge is 2.15. The van der Waals surface area contributed by atoms with E-state index >= 15 is 0 Å². The van der Waals surface area contributed by atoms with E-state index in [-0.39, 0.29) is 5.56 Å². The van der Waals surface area contributed by atoms with E-state index in [0.717, 1.165) is 16.8 Å². The summed E-state index contributed by atoms with van der Waals surface area (Å²) >= 11 is 0. The van der Waals surface area contributed by atoms with E-state index in [1.165, 1.54) is 0 Å². The minimum atomic E-state index is -0.962. The normalized spacial score (nSPS) is 10.5. The molecule has 2 aromatic rings. The van der Waals surface area contributed by atoms with Crippen LogP contribution < -0.4 is 4.90 Å². The van der Waals surface area contributed by atoms with Crippen LogP contribution in [0.5, 0.6) is 0 Å². The maximum absolute atomic E-state index is 11.3. The zero-order chi connectivity index (χ0) is 15.9. The van der Waals surface area contributed by atoms with Gasteiger partial charge in [0.25, 0.3) is 0 Å². The molecule has 0 bridgehead atoms. The molecule has 0 saturated heterocycles. The molecule has 1 N–H and O–H groups in total. The molecule has 0 fully saturated rings. The van der Waals surface area contributed by atoms with E-state index < -0.39 is 5.97 Å². The third-order valence-corrected chi connectivity index (χ3v) is 3.24. The molecule has 0 aliphatic carbocycles. The second kappa shape index (κ2) is 7.59. The molecule has 0 aliphatic rings. The molecule has 0 spiro atoms. The number of ether oxygens (including phenoxy) is 2. The average Bonchev–Trinajstić information content (AvgIpc) is 2.55. The van der Waals surface area contributed by atoms with Gasteiger partial charge in [0.1, 0.15) is 13.5 Å². The van der Waals surface area contributed by atoms with Crippen LogP contribution in [-0.4, -0.2) is 38.8 Å². The van der Waals surface area contributed by atoms with Crippen molar-refractivity contribution in [3.8, 4) is 11.1 Å². The predicted molar refractivity (Wildman–Crippen MR) is 85.1 cm³/mol. The molecule has 22 heavy (non-hydrogen) atoms. The molecule has 116 valence electrons. The molecule has 5 nitrogen and oxygen atoms in total. The third-order valence-electron chi connectivity index (χ3n) is 3.24. The van der Waals surface area contributed by atoms with Crippen LogP contribution in [0.15, 0.2) is 48.5 Å². The molecule has 2 aromatic carbocycles. The number of rotatable bonds is 7. The average molecular weight is 301 g/mol. The zero-order valence-electron chi connectivity index (χ0n) is 12.7. The zero-order valence-corrected chi connectivity index (χ0v) is 12.7. The topological polar surface area (TPSA) is 59.0 Å². The highest BCUT2D eigenvalue weighted by atomic mass is 16.5. The largest absolute Gasteiger partial charge is 0.478 e. The maximum Gasteiger partial charge on any atom is 0.335 e. The summed E-state index contributed by atoms with van der Waals surface area (Å²) in [5.74, 6) is -0.962. The number of anilines is 1. The molecule has 2 rings (SSSR count). The van der Waals surface area contributed by atoms with Gasteiger partial charge in [0.15, 0.2) is 0 Å². The first kappa shape index (κ1) is 16.0. The van der Waals surface area contributed by atoms with Gasteiger partial charge in [-0.15, -0.1) is 0 Å². The number of carboxylic acid groups (broad SMARTS) is 1. The van der Waals surface area contributed by atoms with Crippen molar-refractivity contribution in [2.24, 2.45) is 0 Å². The van der Waals surface area contributed by atoms with Crippen LogP contribution in [0.2, 0.25) is 0 Å². The van der Waals surface area contributed by atoms with E-state index in [9.17, 15) is 9.90 Å². The van der Waals surface area contributed by atoms with Gasteiger partial charge < -0.3 is 19.5 Å². The van der Waals surface area contributed by atoms with E-state index in [2.05, 4.69) is 0 Å². The van der Waals surface area contributed by atoms with Gasteiger partial charge in [-0.25, -0.2) is 4.79 Å². The van der Waals surface area contributed by atoms with Crippen LogP contribution in [0.3, 0.4) is 0 Å². The fraction of sp³-hybridized carbons (Fsp3) is 0.235. The summed E-state index contributed by atoms with van der Waals surface area (Å²) in [7, 11) is 3.18. The fourth-order valence-electron chi connectivity index (χ4n) is 2.28. The van der Waals surface area contributed by atoms with Crippen molar-refractivity contribution in [2.75, 3.05) is 32.6 Å². The summed E-state index contributed by atoms with van der Waals surface area (Å²) in [5.41, 5.74) is 2.92. The highest BCUT2D eigenvalue weighted by molar-refractivity contribution is 5.92. The second-order valence-electron chi connectivity index (χ2n) is 4.78. The molecule has 0 radical (unpaired) electrons. The van der Waals surface area contributed by atoms with Gasteiger partial charge in [0.05, 0.1) is 5.56 Å². The van der Waals surface area contributed by atoms with Crippen LogP contribution >= 0.6 is 0 Å². The maximum atomic E-state index is 11.3. The minimum absolute atomic E-state index is 0.229. The van der Waals surface area contributed by atoms with E-state index in [0.29, 0.717) is 13.5 Å². The number of hydrogen-bond acceptors (Lipinski definition) is 4. The van der Waals surface area contributed by atoms with Crippen molar-refractivity contribution in [1.29, 1.82) is 0 Å². The lowest BCUT2D eigenvalue weighted by atomic mass is 10.0. The smallest absolute Gasteiger partial charge is 0.335 e. The number of carbonyl (C=O) groups is 1. The van der Waals surface area contributed by atoms with Gasteiger partial charge >= 0.3 is 5.97 Å². The van der Waals surface area contributed by atoms with Crippen LogP contribution in [0, 0.1) is 0 Å². The number of nitrogens with zero attached hydrogens (tertiary/aromatic N) is 1. The Kier molecular flexibility index (Phi) is 5.52. The lowest BCUT2D eigenvalue weighted by molar-refractivity contribution is 0.0696. The standard InChI is InChI=1S/C17H19NO4/c1-21-11-18(12-22-2)16-10-14(17(19)20)8-9-15(16)13-6-4-3-5-7-13/h3-10H,11-12H2,1-2H3,(H,19,20). The van der Waals surface area contributed by atoms with Gasteiger partial charge in [-0.3, -0.25) is 0 Å². The first-order valence-corrected chi connectivity index (χ1v) is 6.83. The van der Waals surface area contributed by atoms with E-state index in [1.54, 1.807) is 26.4 Å². The SMILES string of the molecule is COCN(COC)c1cc(C(=O)O)ccc1-c1ccccc1. The highest BCUT2D eigenvalue weighted by Crippen LogP contribution is 2.32. The number of carboxylic acids is 1. The van der Waals surface area contributed by atoms with Crippen molar-refractivity contribution >= 4 is 11.7 Å². The van der Waals surface area contributed by atoms with Gasteiger partial charge in [0, 0.05) is 25.5 Å². The first-order valence-electron chi connectivity index (χ1n) is 6.83. The van der Waals surface area contributed by atoms with Gasteiger partial charge in [0.2, 0.25) is 0 Å². The van der Waals surface area contributed by atoms with Crippen molar-refractivity contribution in [2.45, 2.75) is 0 Å². The molecule has 0 heterocycles. The van der Waals surface area contributed by atoms with Gasteiger partial charge in [-0.2, -0.15) is 0 Å². The molecule has 0 unspecified atom stereocenters. The number of methoxy groups -OCH3 is 2. The van der Waals surface area contributed by atoms with Crippen molar-refractivity contribution in [3.63, 3.8) is 0 Å². The summed E-state index contributed by atoms with van der Waals surface area (Å²) < 4.78 is 10.4. The molecule has 0 atom stereocenters. The van der Waals surface area contributed by atoms with Gasteiger partial charge in [-0.05, 0) is 17.7 Å². The molecular weight excluding hydrogens is 282 g/mol. The summed E-state index contributed by atoms with van der Waals surface area (Å²) in [6, 6.07) is 14.9. The Hall–Kier alpha value is -2.37. The molecule has 0 amide bonds. The summed E-state index contributed by atoms with van der Waals surface area (Å²) in [4.78, 5) is 13.1. The van der Waals surface area contributed by atoms with Crippen LogP contribution in [0.1, 0.15) is 10.4 Å². The predicted octanol–water partition coefficient (Wildman–Crippen LogP) is 3.07. The Bertz CT molecular complexity index is 622. The molecule has 0 saturated carbocycles. The summed E-state index contributed by atoms with van der Waals surface area (Å²) in [6.45, 7) is 0.605. The molecule has 5 heteroatoms. The molecular formula is C17H19NO4. The molecule has 0 aliphatic heterocycles. The van der Waals surface area contributed by atoms with E-state index in [1.807, 2.05) is 41.3 Å². The Labute approximate surface area is 129 Å². The lowest BCUT2D eigenvalue weighted by Crippen LogP contribution is -2.28. The van der Waals surface area contributed by atoms with Gasteiger partial charge in [-0.1, -0.05) is 36.4 Å². The summed E-state index contributed by atoms with van der Waals surface area (Å²) in [5, 5.41) is 9.23. The van der Waals surface area contributed by atoms with Crippen molar-refractivity contribution < 1.29 is 19.4 Å². The Morgan fingerprint density at radius 1 is 1.05 bits per heavy atom. The third kappa shape index (κ3) is 3.63. The van der Waals surface area contributed by atoms with Crippen LogP contribution in [0.25, 0.3) is 11.1 Å². The van der Waals surface area contributed by atoms with Crippen LogP contribution in [-0.2, 0) is 9.47 Å². The minimum Gasteiger partial charge on any atom is -0.478 e. The summed E-state index contributed by atoms with van der Waals surface area (Å²) in [6.07, 6.45) is 0. The van der Waals surface area contributed by atoms with Crippen molar-refractivity contribution in [1.82, 2.24) is 0 Å². The van der Waals surface area contributed by atoms with Crippen LogP contribution in [0.4, 0.5) is 5.69 Å². The number of benzene rings is 2. The Balaban J connectivity index is 2.54. The monoisotopic (exact) mass is 301 g/mol. The number of hydrogen-bond donors (Lipinski definition) is 1. The molecule has 0 aromatic heterocycles. The first-order chi connectivity index (χ1) is 10.7. The second-order valence-corrected chi connectivity index (χ2v) is 4.78. The Morgan fingerprint density at radius 3 is 2.23 bits per heavy atom. The Morgan fingerprint density at radius 2 is 1.68 bits per heavy atom.